The monoisotopic (exact) mass is 551 g/mol. The van der Waals surface area contributed by atoms with Crippen LogP contribution in [0, 0.1) is 11.3 Å². The highest BCUT2D eigenvalue weighted by atomic mass is 35.5. The summed E-state index contributed by atoms with van der Waals surface area (Å²) in [7, 11) is 0. The van der Waals surface area contributed by atoms with Crippen molar-refractivity contribution in [3.8, 4) is 11.8 Å². The number of carbonyl (C=O) groups is 2. The molecule has 4 aromatic rings. The van der Waals surface area contributed by atoms with Gasteiger partial charge in [0.2, 0.25) is 5.91 Å². The molecule has 1 aliphatic heterocycles. The fourth-order valence-corrected chi connectivity index (χ4v) is 5.02. The number of hydrazone groups is 1. The number of halogens is 1. The Morgan fingerprint density at radius 2 is 1.70 bits per heavy atom. The van der Waals surface area contributed by atoms with E-state index < -0.39 is 5.91 Å². The zero-order valence-electron chi connectivity index (χ0n) is 21.5. The van der Waals surface area contributed by atoms with Gasteiger partial charge in [-0.1, -0.05) is 60.1 Å². The average molecular weight is 552 g/mol. The summed E-state index contributed by atoms with van der Waals surface area (Å²) in [6, 6.07) is 25.5. The molecule has 0 aliphatic carbocycles. The van der Waals surface area contributed by atoms with Crippen molar-refractivity contribution in [2.24, 2.45) is 5.10 Å². The summed E-state index contributed by atoms with van der Waals surface area (Å²) in [5.74, 6) is -0.504. The van der Waals surface area contributed by atoms with Gasteiger partial charge in [-0.25, -0.2) is 5.43 Å². The lowest BCUT2D eigenvalue weighted by molar-refractivity contribution is -0.130. The van der Waals surface area contributed by atoms with Gasteiger partial charge in [-0.3, -0.25) is 9.59 Å². The molecule has 9 heteroatoms. The van der Waals surface area contributed by atoms with Crippen LogP contribution in [0.1, 0.15) is 27.0 Å². The number of aromatic hydroxyl groups is 1. The predicted molar refractivity (Wildman–Crippen MR) is 156 cm³/mol. The number of para-hydroxylation sites is 1. The third-order valence-electron chi connectivity index (χ3n) is 6.97. The molecule has 1 fully saturated rings. The molecule has 0 aromatic heterocycles. The van der Waals surface area contributed by atoms with Crippen molar-refractivity contribution in [2.75, 3.05) is 31.1 Å². The molecule has 0 radical (unpaired) electrons. The number of hydrogen-bond acceptors (Lipinski definition) is 6. The van der Waals surface area contributed by atoms with Gasteiger partial charge in [-0.2, -0.15) is 10.4 Å². The van der Waals surface area contributed by atoms with Gasteiger partial charge >= 0.3 is 0 Å². The Morgan fingerprint density at radius 3 is 2.45 bits per heavy atom. The van der Waals surface area contributed by atoms with E-state index >= 15 is 0 Å². The Labute approximate surface area is 236 Å². The SMILES string of the molecule is N#Cc1ccccc1N1CCN(C(=O)Cc2ccc(/C=N/NC(=O)c3ccc(O)c(Cl)c3)c3ccccc23)CC1. The van der Waals surface area contributed by atoms with E-state index in [0.717, 1.165) is 27.6 Å². The average Bonchev–Trinajstić information content (AvgIpc) is 2.99. The Kier molecular flexibility index (Phi) is 7.94. The smallest absolute Gasteiger partial charge is 0.271 e. The Balaban J connectivity index is 1.25. The highest BCUT2D eigenvalue weighted by Crippen LogP contribution is 2.25. The molecule has 0 saturated carbocycles. The Bertz CT molecular complexity index is 1650. The zero-order chi connectivity index (χ0) is 28.1. The van der Waals surface area contributed by atoms with E-state index in [1.807, 2.05) is 65.6 Å². The normalized spacial score (nSPS) is 13.4. The van der Waals surface area contributed by atoms with Gasteiger partial charge in [-0.05, 0) is 46.7 Å². The summed E-state index contributed by atoms with van der Waals surface area (Å²) >= 11 is 5.89. The summed E-state index contributed by atoms with van der Waals surface area (Å²) in [6.45, 7) is 2.52. The van der Waals surface area contributed by atoms with Gasteiger partial charge in [0, 0.05) is 37.3 Å². The molecule has 2 amide bonds. The number of nitriles is 1. The van der Waals surface area contributed by atoms with Gasteiger partial charge in [0.25, 0.3) is 5.91 Å². The topological polar surface area (TPSA) is 109 Å². The van der Waals surface area contributed by atoms with Gasteiger partial charge in [0.05, 0.1) is 28.9 Å². The molecular formula is C31H26ClN5O3. The van der Waals surface area contributed by atoms with Crippen LogP contribution in [-0.4, -0.2) is 54.2 Å². The number of amides is 2. The number of carbonyl (C=O) groups excluding carboxylic acids is 2. The standard InChI is InChI=1S/C31H26ClN5O3/c32-27-17-22(11-12-29(27)38)31(40)35-34-20-24-10-9-21(25-6-2-3-7-26(24)25)18-30(39)37-15-13-36(14-16-37)28-8-4-1-5-23(28)19-33/h1-12,17,20,38H,13-16,18H2,(H,35,40)/b34-20+. The number of hydrogen-bond donors (Lipinski definition) is 2. The van der Waals surface area contributed by atoms with E-state index in [9.17, 15) is 20.0 Å². The van der Waals surface area contributed by atoms with Crippen LogP contribution >= 0.6 is 11.6 Å². The lowest BCUT2D eigenvalue weighted by Crippen LogP contribution is -2.49. The van der Waals surface area contributed by atoms with Gasteiger partial charge < -0.3 is 14.9 Å². The van der Waals surface area contributed by atoms with Crippen molar-refractivity contribution in [1.29, 1.82) is 5.26 Å². The number of phenols is 1. The first-order chi connectivity index (χ1) is 19.4. The van der Waals surface area contributed by atoms with E-state index in [1.54, 1.807) is 6.21 Å². The summed E-state index contributed by atoms with van der Waals surface area (Å²) in [5, 5.41) is 25.0. The maximum Gasteiger partial charge on any atom is 0.271 e. The number of rotatable bonds is 6. The molecule has 5 rings (SSSR count). The second-order valence-electron chi connectivity index (χ2n) is 9.40. The predicted octanol–water partition coefficient (Wildman–Crippen LogP) is 4.73. The fourth-order valence-electron chi connectivity index (χ4n) is 4.84. The zero-order valence-corrected chi connectivity index (χ0v) is 22.3. The molecular weight excluding hydrogens is 526 g/mol. The Morgan fingerprint density at radius 1 is 0.975 bits per heavy atom. The molecule has 1 saturated heterocycles. The van der Waals surface area contributed by atoms with Crippen molar-refractivity contribution < 1.29 is 14.7 Å². The van der Waals surface area contributed by atoms with Crippen LogP contribution in [0.25, 0.3) is 10.8 Å². The van der Waals surface area contributed by atoms with Crippen LogP contribution < -0.4 is 10.3 Å². The molecule has 40 heavy (non-hydrogen) atoms. The first-order valence-electron chi connectivity index (χ1n) is 12.8. The van der Waals surface area contributed by atoms with Crippen molar-refractivity contribution in [3.63, 3.8) is 0 Å². The molecule has 0 atom stereocenters. The van der Waals surface area contributed by atoms with Gasteiger partial charge in [0.15, 0.2) is 0 Å². The first-order valence-corrected chi connectivity index (χ1v) is 13.2. The molecule has 0 unspecified atom stereocenters. The summed E-state index contributed by atoms with van der Waals surface area (Å²) in [6.07, 6.45) is 1.83. The van der Waals surface area contributed by atoms with Crippen molar-refractivity contribution in [3.05, 3.63) is 106 Å². The van der Waals surface area contributed by atoms with Crippen LogP contribution in [0.5, 0.6) is 5.75 Å². The maximum atomic E-state index is 13.2. The lowest BCUT2D eigenvalue weighted by Gasteiger charge is -2.36. The molecule has 1 heterocycles. The van der Waals surface area contributed by atoms with Gasteiger partial charge in [0.1, 0.15) is 11.8 Å². The number of phenolic OH excluding ortho intramolecular Hbond substituents is 1. The molecule has 0 bridgehead atoms. The minimum Gasteiger partial charge on any atom is -0.506 e. The Hall–Kier alpha value is -4.87. The second-order valence-corrected chi connectivity index (χ2v) is 9.81. The molecule has 1 aliphatic rings. The summed E-state index contributed by atoms with van der Waals surface area (Å²) in [4.78, 5) is 29.7. The van der Waals surface area contributed by atoms with Crippen molar-refractivity contribution in [2.45, 2.75) is 6.42 Å². The largest absolute Gasteiger partial charge is 0.506 e. The number of nitrogens with one attached hydrogen (secondary N) is 1. The van der Waals surface area contributed by atoms with Crippen LogP contribution in [0.15, 0.2) is 84.0 Å². The van der Waals surface area contributed by atoms with Crippen LogP contribution in [0.3, 0.4) is 0 Å². The fraction of sp³-hybridized carbons (Fsp3) is 0.161. The highest BCUT2D eigenvalue weighted by molar-refractivity contribution is 6.32. The lowest BCUT2D eigenvalue weighted by atomic mass is 9.97. The number of benzene rings is 4. The van der Waals surface area contributed by atoms with E-state index in [4.69, 9.17) is 11.6 Å². The minimum absolute atomic E-state index is 0.0552. The van der Waals surface area contributed by atoms with Crippen LogP contribution in [-0.2, 0) is 11.2 Å². The maximum absolute atomic E-state index is 13.2. The molecule has 8 nitrogen and oxygen atoms in total. The van der Waals surface area contributed by atoms with E-state index in [0.29, 0.717) is 31.7 Å². The second kappa shape index (κ2) is 11.9. The summed E-state index contributed by atoms with van der Waals surface area (Å²) < 4.78 is 0. The third-order valence-corrected chi connectivity index (χ3v) is 7.27. The third kappa shape index (κ3) is 5.75. The van der Waals surface area contributed by atoms with Crippen LogP contribution in [0.4, 0.5) is 5.69 Å². The van der Waals surface area contributed by atoms with E-state index in [-0.39, 0.29) is 28.7 Å². The molecule has 200 valence electrons. The molecule has 4 aromatic carbocycles. The van der Waals surface area contributed by atoms with Crippen molar-refractivity contribution in [1.82, 2.24) is 10.3 Å². The molecule has 2 N–H and O–H groups in total. The molecule has 0 spiro atoms. The van der Waals surface area contributed by atoms with Crippen molar-refractivity contribution >= 4 is 46.1 Å². The number of anilines is 1. The first kappa shape index (κ1) is 26.7. The summed E-state index contributed by atoms with van der Waals surface area (Å²) in [5.41, 5.74) is 6.00. The number of fused-ring (bicyclic) bond motifs is 1. The quantitative estimate of drug-likeness (QED) is 0.266. The van der Waals surface area contributed by atoms with Crippen LogP contribution in [0.2, 0.25) is 5.02 Å². The highest BCUT2D eigenvalue weighted by Gasteiger charge is 2.23. The minimum atomic E-state index is -0.458. The van der Waals surface area contributed by atoms with E-state index in [1.165, 1.54) is 18.2 Å². The van der Waals surface area contributed by atoms with E-state index in [2.05, 4.69) is 21.5 Å². The number of piperazine rings is 1. The van der Waals surface area contributed by atoms with Gasteiger partial charge in [-0.15, -0.1) is 0 Å². The number of nitrogens with zero attached hydrogens (tertiary/aromatic N) is 4.